The van der Waals surface area contributed by atoms with Crippen molar-refractivity contribution in [2.75, 3.05) is 31.9 Å². The summed E-state index contributed by atoms with van der Waals surface area (Å²) in [5, 5.41) is 1.17. The van der Waals surface area contributed by atoms with Gasteiger partial charge in [0.1, 0.15) is 6.26 Å². The molecule has 0 bridgehead atoms. The van der Waals surface area contributed by atoms with E-state index in [-0.39, 0.29) is 17.6 Å². The van der Waals surface area contributed by atoms with Gasteiger partial charge in [-0.05, 0) is 24.3 Å². The van der Waals surface area contributed by atoms with Crippen molar-refractivity contribution in [1.82, 2.24) is 9.80 Å². The Morgan fingerprint density at radius 3 is 2.48 bits per heavy atom. The van der Waals surface area contributed by atoms with Crippen molar-refractivity contribution in [3.05, 3.63) is 52.4 Å². The van der Waals surface area contributed by atoms with Gasteiger partial charge in [-0.3, -0.25) is 9.59 Å². The van der Waals surface area contributed by atoms with Crippen LogP contribution in [-0.2, 0) is 4.79 Å². The molecular formula is C17H16Cl2N2O3S. The lowest BCUT2D eigenvalue weighted by Gasteiger charge is -2.34. The summed E-state index contributed by atoms with van der Waals surface area (Å²) in [5.74, 6) is 0.243. The highest BCUT2D eigenvalue weighted by Crippen LogP contribution is 2.30. The molecular weight excluding hydrogens is 383 g/mol. The molecule has 8 heteroatoms. The smallest absolute Gasteiger partial charge is 0.257 e. The molecule has 1 fully saturated rings. The number of hydrogen-bond donors (Lipinski definition) is 0. The molecule has 0 saturated carbocycles. The fourth-order valence-electron chi connectivity index (χ4n) is 2.55. The fraction of sp³-hybridized carbons (Fsp3) is 0.294. The monoisotopic (exact) mass is 398 g/mol. The van der Waals surface area contributed by atoms with Gasteiger partial charge in [0, 0.05) is 36.1 Å². The molecule has 1 aromatic carbocycles. The minimum absolute atomic E-state index is 0.0245. The summed E-state index contributed by atoms with van der Waals surface area (Å²) in [5.41, 5.74) is 0.533. The van der Waals surface area contributed by atoms with Gasteiger partial charge in [-0.2, -0.15) is 0 Å². The Balaban J connectivity index is 1.50. The van der Waals surface area contributed by atoms with Crippen molar-refractivity contribution in [2.45, 2.75) is 4.90 Å². The Morgan fingerprint density at radius 1 is 1.08 bits per heavy atom. The maximum absolute atomic E-state index is 12.4. The zero-order valence-electron chi connectivity index (χ0n) is 13.3. The topological polar surface area (TPSA) is 53.8 Å². The molecule has 25 heavy (non-hydrogen) atoms. The second kappa shape index (κ2) is 8.17. The third-order valence-corrected chi connectivity index (χ3v) is 5.65. The Kier molecular flexibility index (Phi) is 5.93. The molecule has 3 rings (SSSR count). The van der Waals surface area contributed by atoms with Gasteiger partial charge < -0.3 is 14.2 Å². The van der Waals surface area contributed by atoms with Crippen LogP contribution in [0.5, 0.6) is 0 Å². The van der Waals surface area contributed by atoms with E-state index in [0.29, 0.717) is 41.8 Å². The summed E-state index contributed by atoms with van der Waals surface area (Å²) in [7, 11) is 0. The van der Waals surface area contributed by atoms with Crippen LogP contribution >= 0.6 is 35.0 Å². The summed E-state index contributed by atoms with van der Waals surface area (Å²) < 4.78 is 4.94. The molecule has 1 aliphatic heterocycles. The summed E-state index contributed by atoms with van der Waals surface area (Å²) in [6, 6.07) is 6.83. The van der Waals surface area contributed by atoms with Crippen LogP contribution in [0.25, 0.3) is 0 Å². The number of carbonyl (C=O) groups excluding carboxylic acids is 2. The van der Waals surface area contributed by atoms with Crippen LogP contribution in [0.4, 0.5) is 0 Å². The number of rotatable bonds is 4. The summed E-state index contributed by atoms with van der Waals surface area (Å²) in [6.45, 7) is 2.06. The average molecular weight is 399 g/mol. The molecule has 1 aromatic heterocycles. The lowest BCUT2D eigenvalue weighted by molar-refractivity contribution is -0.129. The molecule has 0 radical (unpaired) electrons. The van der Waals surface area contributed by atoms with Crippen LogP contribution in [0.2, 0.25) is 10.0 Å². The van der Waals surface area contributed by atoms with Crippen LogP contribution in [-0.4, -0.2) is 53.5 Å². The molecule has 0 N–H and O–H groups in total. The largest absolute Gasteiger partial charge is 0.472 e. The van der Waals surface area contributed by atoms with Crippen molar-refractivity contribution in [1.29, 1.82) is 0 Å². The van der Waals surface area contributed by atoms with E-state index in [0.717, 1.165) is 4.90 Å². The minimum Gasteiger partial charge on any atom is -0.472 e. The van der Waals surface area contributed by atoms with E-state index in [1.165, 1.54) is 24.3 Å². The van der Waals surface area contributed by atoms with Crippen LogP contribution in [0.1, 0.15) is 10.4 Å². The Morgan fingerprint density at radius 2 is 1.80 bits per heavy atom. The number of hydrogen-bond acceptors (Lipinski definition) is 4. The Bertz CT molecular complexity index is 759. The van der Waals surface area contributed by atoms with Gasteiger partial charge in [-0.25, -0.2) is 0 Å². The predicted octanol–water partition coefficient (Wildman–Crippen LogP) is 3.66. The third kappa shape index (κ3) is 4.51. The van der Waals surface area contributed by atoms with E-state index in [1.54, 1.807) is 34.1 Å². The first-order chi connectivity index (χ1) is 12.0. The fourth-order valence-corrected chi connectivity index (χ4v) is 3.94. The third-order valence-electron chi connectivity index (χ3n) is 3.93. The van der Waals surface area contributed by atoms with Crippen LogP contribution in [0.15, 0.2) is 46.1 Å². The molecule has 0 aliphatic carbocycles. The molecule has 132 valence electrons. The van der Waals surface area contributed by atoms with E-state index in [1.807, 2.05) is 0 Å². The second-order valence-electron chi connectivity index (χ2n) is 5.55. The molecule has 2 aromatic rings. The van der Waals surface area contributed by atoms with Gasteiger partial charge in [0.05, 0.1) is 22.6 Å². The van der Waals surface area contributed by atoms with Crippen LogP contribution in [0, 0.1) is 0 Å². The lowest BCUT2D eigenvalue weighted by atomic mass is 10.2. The molecule has 2 heterocycles. The van der Waals surface area contributed by atoms with E-state index in [4.69, 9.17) is 27.6 Å². The maximum Gasteiger partial charge on any atom is 0.257 e. The average Bonchev–Trinajstić information content (AvgIpc) is 3.16. The number of amides is 2. The first kappa shape index (κ1) is 18.2. The van der Waals surface area contributed by atoms with E-state index in [9.17, 15) is 9.59 Å². The SMILES string of the molecule is O=C(CSc1cc(Cl)ccc1Cl)N1CCN(C(=O)c2ccoc2)CC1. The molecule has 2 amide bonds. The summed E-state index contributed by atoms with van der Waals surface area (Å²) >= 11 is 13.4. The normalized spacial score (nSPS) is 14.6. The van der Waals surface area contributed by atoms with Gasteiger partial charge in [0.2, 0.25) is 5.91 Å². The Hall–Kier alpha value is -1.63. The quantitative estimate of drug-likeness (QED) is 0.737. The number of thioether (sulfide) groups is 1. The van der Waals surface area contributed by atoms with Gasteiger partial charge >= 0.3 is 0 Å². The number of carbonyl (C=O) groups is 2. The lowest BCUT2D eigenvalue weighted by Crippen LogP contribution is -2.51. The van der Waals surface area contributed by atoms with Gasteiger partial charge in [0.25, 0.3) is 5.91 Å². The van der Waals surface area contributed by atoms with Gasteiger partial charge in [0.15, 0.2) is 0 Å². The molecule has 5 nitrogen and oxygen atoms in total. The maximum atomic E-state index is 12.4. The van der Waals surface area contributed by atoms with E-state index >= 15 is 0 Å². The number of benzene rings is 1. The highest BCUT2D eigenvalue weighted by Gasteiger charge is 2.25. The molecule has 0 spiro atoms. The van der Waals surface area contributed by atoms with Gasteiger partial charge in [-0.1, -0.05) is 23.2 Å². The standard InChI is InChI=1S/C17H16Cl2N2O3S/c18-13-1-2-14(19)15(9-13)25-11-16(22)20-4-6-21(7-5-20)17(23)12-3-8-24-10-12/h1-3,8-10H,4-7,11H2. The number of halogens is 2. The molecule has 0 atom stereocenters. The van der Waals surface area contributed by atoms with Crippen molar-refractivity contribution in [3.8, 4) is 0 Å². The summed E-state index contributed by atoms with van der Waals surface area (Å²) in [6.07, 6.45) is 2.91. The summed E-state index contributed by atoms with van der Waals surface area (Å²) in [4.78, 5) is 28.9. The highest BCUT2D eigenvalue weighted by atomic mass is 35.5. The minimum atomic E-state index is -0.0686. The number of furan rings is 1. The first-order valence-corrected chi connectivity index (χ1v) is 9.46. The van der Waals surface area contributed by atoms with Crippen molar-refractivity contribution < 1.29 is 14.0 Å². The van der Waals surface area contributed by atoms with Crippen molar-refractivity contribution in [3.63, 3.8) is 0 Å². The predicted molar refractivity (Wildman–Crippen MR) is 98.4 cm³/mol. The van der Waals surface area contributed by atoms with Crippen molar-refractivity contribution in [2.24, 2.45) is 0 Å². The van der Waals surface area contributed by atoms with Crippen molar-refractivity contribution >= 4 is 46.8 Å². The Labute approximate surface area is 159 Å². The second-order valence-corrected chi connectivity index (χ2v) is 7.41. The van der Waals surface area contributed by atoms with Crippen LogP contribution < -0.4 is 0 Å². The van der Waals surface area contributed by atoms with Crippen LogP contribution in [0.3, 0.4) is 0 Å². The number of piperazine rings is 1. The van der Waals surface area contributed by atoms with E-state index < -0.39 is 0 Å². The molecule has 1 aliphatic rings. The molecule has 1 saturated heterocycles. The molecule has 0 unspecified atom stereocenters. The van der Waals surface area contributed by atoms with E-state index in [2.05, 4.69) is 0 Å². The zero-order valence-corrected chi connectivity index (χ0v) is 15.6. The van der Waals surface area contributed by atoms with Gasteiger partial charge in [-0.15, -0.1) is 11.8 Å². The first-order valence-electron chi connectivity index (χ1n) is 7.71. The number of nitrogens with zero attached hydrogens (tertiary/aromatic N) is 2. The zero-order chi connectivity index (χ0) is 17.8. The highest BCUT2D eigenvalue weighted by molar-refractivity contribution is 8.00.